The Labute approximate surface area is 111 Å². The standard InChI is InChI=1S/C15H15N3O/c16-17-15(19)11-6-7-12-9-18(10-13(12)8-11)14-4-2-1-3-5-14/h1-8H,9-10,16H2,(H,17,19). The summed E-state index contributed by atoms with van der Waals surface area (Å²) in [7, 11) is 0. The first-order valence-electron chi connectivity index (χ1n) is 6.20. The number of amides is 1. The third-order valence-corrected chi connectivity index (χ3v) is 3.44. The summed E-state index contributed by atoms with van der Waals surface area (Å²) < 4.78 is 0. The Bertz CT molecular complexity index is 610. The summed E-state index contributed by atoms with van der Waals surface area (Å²) in [5.74, 6) is 4.91. The number of nitrogen functional groups attached to an aromatic ring is 1. The van der Waals surface area contributed by atoms with Crippen LogP contribution in [0.2, 0.25) is 0 Å². The van der Waals surface area contributed by atoms with Gasteiger partial charge in [-0.1, -0.05) is 24.3 Å². The first kappa shape index (κ1) is 11.7. The van der Waals surface area contributed by atoms with Crippen molar-refractivity contribution in [1.29, 1.82) is 0 Å². The van der Waals surface area contributed by atoms with Gasteiger partial charge in [0, 0.05) is 24.3 Å². The second-order valence-electron chi connectivity index (χ2n) is 4.65. The SMILES string of the molecule is NNC(=O)c1ccc2c(c1)CN(c1ccccc1)C2. The van der Waals surface area contributed by atoms with Gasteiger partial charge in [-0.3, -0.25) is 10.2 Å². The molecule has 2 aromatic carbocycles. The number of fused-ring (bicyclic) bond motifs is 1. The van der Waals surface area contributed by atoms with Crippen molar-refractivity contribution in [3.63, 3.8) is 0 Å². The predicted octanol–water partition coefficient (Wildman–Crippen LogP) is 1.81. The first-order valence-corrected chi connectivity index (χ1v) is 6.20. The maximum Gasteiger partial charge on any atom is 0.265 e. The fourth-order valence-corrected chi connectivity index (χ4v) is 2.44. The normalized spacial score (nSPS) is 13.2. The number of nitrogens with zero attached hydrogens (tertiary/aromatic N) is 1. The van der Waals surface area contributed by atoms with Crippen molar-refractivity contribution in [2.45, 2.75) is 13.1 Å². The molecular weight excluding hydrogens is 238 g/mol. The Morgan fingerprint density at radius 3 is 2.53 bits per heavy atom. The maximum absolute atomic E-state index is 11.5. The number of nitrogens with two attached hydrogens (primary N) is 1. The van der Waals surface area contributed by atoms with Crippen LogP contribution in [-0.4, -0.2) is 5.91 Å². The lowest BCUT2D eigenvalue weighted by molar-refractivity contribution is 0.0953. The number of carbonyl (C=O) groups excluding carboxylic acids is 1. The molecule has 1 heterocycles. The monoisotopic (exact) mass is 253 g/mol. The zero-order chi connectivity index (χ0) is 13.2. The molecule has 4 nitrogen and oxygen atoms in total. The molecule has 2 aromatic rings. The van der Waals surface area contributed by atoms with Gasteiger partial charge in [0.05, 0.1) is 0 Å². The van der Waals surface area contributed by atoms with Gasteiger partial charge in [-0.15, -0.1) is 0 Å². The van der Waals surface area contributed by atoms with Gasteiger partial charge in [-0.05, 0) is 35.4 Å². The maximum atomic E-state index is 11.5. The van der Waals surface area contributed by atoms with Crippen molar-refractivity contribution in [1.82, 2.24) is 5.43 Å². The van der Waals surface area contributed by atoms with E-state index < -0.39 is 0 Å². The number of anilines is 1. The fraction of sp³-hybridized carbons (Fsp3) is 0.133. The minimum atomic E-state index is -0.249. The van der Waals surface area contributed by atoms with Gasteiger partial charge in [0.1, 0.15) is 0 Å². The van der Waals surface area contributed by atoms with Crippen LogP contribution in [0.25, 0.3) is 0 Å². The average molecular weight is 253 g/mol. The van der Waals surface area contributed by atoms with Crippen molar-refractivity contribution in [3.05, 3.63) is 65.2 Å². The van der Waals surface area contributed by atoms with Crippen LogP contribution in [-0.2, 0) is 13.1 Å². The summed E-state index contributed by atoms with van der Waals surface area (Å²) >= 11 is 0. The van der Waals surface area contributed by atoms with Gasteiger partial charge in [0.15, 0.2) is 0 Å². The van der Waals surface area contributed by atoms with Crippen molar-refractivity contribution in [2.24, 2.45) is 5.84 Å². The van der Waals surface area contributed by atoms with E-state index >= 15 is 0 Å². The molecule has 96 valence electrons. The second-order valence-corrected chi connectivity index (χ2v) is 4.65. The first-order chi connectivity index (χ1) is 9.28. The summed E-state index contributed by atoms with van der Waals surface area (Å²) in [6, 6.07) is 16.0. The van der Waals surface area contributed by atoms with Crippen LogP contribution in [0.3, 0.4) is 0 Å². The number of hydrogen-bond acceptors (Lipinski definition) is 3. The van der Waals surface area contributed by atoms with Crippen LogP contribution in [0, 0.1) is 0 Å². The molecule has 0 fully saturated rings. The summed E-state index contributed by atoms with van der Waals surface area (Å²) in [6.45, 7) is 1.70. The highest BCUT2D eigenvalue weighted by Gasteiger charge is 2.20. The molecule has 3 N–H and O–H groups in total. The van der Waals surface area contributed by atoms with Crippen molar-refractivity contribution >= 4 is 11.6 Å². The van der Waals surface area contributed by atoms with Crippen molar-refractivity contribution < 1.29 is 4.79 Å². The quantitative estimate of drug-likeness (QED) is 0.487. The van der Waals surface area contributed by atoms with Crippen LogP contribution < -0.4 is 16.2 Å². The Morgan fingerprint density at radius 1 is 1.05 bits per heavy atom. The van der Waals surface area contributed by atoms with Gasteiger partial charge in [-0.2, -0.15) is 0 Å². The number of benzene rings is 2. The largest absolute Gasteiger partial charge is 0.363 e. The molecule has 3 rings (SSSR count). The lowest BCUT2D eigenvalue weighted by Gasteiger charge is -2.17. The highest BCUT2D eigenvalue weighted by Crippen LogP contribution is 2.28. The lowest BCUT2D eigenvalue weighted by atomic mass is 10.1. The van der Waals surface area contributed by atoms with E-state index in [1.807, 2.05) is 36.4 Å². The van der Waals surface area contributed by atoms with Crippen LogP contribution in [0.5, 0.6) is 0 Å². The van der Waals surface area contributed by atoms with Crippen molar-refractivity contribution in [3.8, 4) is 0 Å². The van der Waals surface area contributed by atoms with E-state index in [1.54, 1.807) is 0 Å². The Kier molecular flexibility index (Phi) is 2.93. The van der Waals surface area contributed by atoms with Crippen LogP contribution in [0.4, 0.5) is 5.69 Å². The summed E-state index contributed by atoms with van der Waals surface area (Å²) in [5, 5.41) is 0. The highest BCUT2D eigenvalue weighted by molar-refractivity contribution is 5.94. The van der Waals surface area contributed by atoms with Crippen molar-refractivity contribution in [2.75, 3.05) is 4.90 Å². The van der Waals surface area contributed by atoms with E-state index in [9.17, 15) is 4.79 Å². The predicted molar refractivity (Wildman–Crippen MR) is 74.4 cm³/mol. The molecule has 0 aliphatic carbocycles. The molecule has 0 spiro atoms. The smallest absolute Gasteiger partial charge is 0.265 e. The molecule has 0 saturated heterocycles. The third-order valence-electron chi connectivity index (χ3n) is 3.44. The number of carbonyl (C=O) groups is 1. The molecule has 19 heavy (non-hydrogen) atoms. The lowest BCUT2D eigenvalue weighted by Crippen LogP contribution is -2.30. The van der Waals surface area contributed by atoms with E-state index in [0.29, 0.717) is 5.56 Å². The molecule has 4 heteroatoms. The second kappa shape index (κ2) is 4.74. The summed E-state index contributed by atoms with van der Waals surface area (Å²) in [5.41, 5.74) is 6.41. The topological polar surface area (TPSA) is 58.4 Å². The van der Waals surface area contributed by atoms with Gasteiger partial charge in [0.25, 0.3) is 5.91 Å². The van der Waals surface area contributed by atoms with Gasteiger partial charge in [0.2, 0.25) is 0 Å². The molecule has 0 saturated carbocycles. The Hall–Kier alpha value is -2.33. The Balaban J connectivity index is 1.86. The molecule has 1 aliphatic rings. The number of hydrogen-bond donors (Lipinski definition) is 2. The molecule has 0 aromatic heterocycles. The molecule has 1 aliphatic heterocycles. The minimum absolute atomic E-state index is 0.249. The number of nitrogens with one attached hydrogen (secondary N) is 1. The van der Waals surface area contributed by atoms with E-state index in [1.165, 1.54) is 16.8 Å². The van der Waals surface area contributed by atoms with E-state index in [-0.39, 0.29) is 5.91 Å². The van der Waals surface area contributed by atoms with E-state index in [4.69, 9.17) is 5.84 Å². The molecule has 1 amide bonds. The number of hydrazine groups is 1. The number of rotatable bonds is 2. The van der Waals surface area contributed by atoms with Gasteiger partial charge >= 0.3 is 0 Å². The van der Waals surface area contributed by atoms with Crippen LogP contribution in [0.15, 0.2) is 48.5 Å². The van der Waals surface area contributed by atoms with Crippen LogP contribution >= 0.6 is 0 Å². The molecular formula is C15H15N3O. The number of para-hydroxylation sites is 1. The summed E-state index contributed by atoms with van der Waals surface area (Å²) in [4.78, 5) is 13.8. The zero-order valence-corrected chi connectivity index (χ0v) is 10.5. The molecule has 0 atom stereocenters. The average Bonchev–Trinajstić information content (AvgIpc) is 2.90. The molecule has 0 radical (unpaired) electrons. The molecule has 0 bridgehead atoms. The minimum Gasteiger partial charge on any atom is -0.363 e. The highest BCUT2D eigenvalue weighted by atomic mass is 16.2. The van der Waals surface area contributed by atoms with Gasteiger partial charge in [-0.25, -0.2) is 5.84 Å². The molecule has 0 unspecified atom stereocenters. The van der Waals surface area contributed by atoms with Gasteiger partial charge < -0.3 is 4.90 Å². The fourth-order valence-electron chi connectivity index (χ4n) is 2.44. The summed E-state index contributed by atoms with van der Waals surface area (Å²) in [6.07, 6.45) is 0. The zero-order valence-electron chi connectivity index (χ0n) is 10.5. The van der Waals surface area contributed by atoms with E-state index in [2.05, 4.69) is 22.5 Å². The Morgan fingerprint density at radius 2 is 1.79 bits per heavy atom. The third kappa shape index (κ3) is 2.18. The van der Waals surface area contributed by atoms with E-state index in [0.717, 1.165) is 13.1 Å². The van der Waals surface area contributed by atoms with Crippen LogP contribution in [0.1, 0.15) is 21.5 Å².